The van der Waals surface area contributed by atoms with E-state index in [1.165, 1.54) is 45.8 Å². The van der Waals surface area contributed by atoms with Crippen LogP contribution in [0.3, 0.4) is 0 Å². The Bertz CT molecular complexity index is 2890. The number of alkyl carbamates (subject to hydrolysis) is 1. The van der Waals surface area contributed by atoms with Gasteiger partial charge in [-0.15, -0.1) is 0 Å². The summed E-state index contributed by atoms with van der Waals surface area (Å²) >= 11 is 0. The number of likely N-dealkylation sites (N-methyl/N-ethyl adjacent to an activating group) is 2. The summed E-state index contributed by atoms with van der Waals surface area (Å²) in [7, 11) is -7.88. The lowest BCUT2D eigenvalue weighted by Gasteiger charge is -2.33. The number of hydrogen-bond donors (Lipinski definition) is 7. The largest absolute Gasteiger partial charge is 0.481 e. The average Bonchev–Trinajstić information content (AvgIpc) is 0.957. The number of rotatable bonds is 25. The Labute approximate surface area is 538 Å². The van der Waals surface area contributed by atoms with Gasteiger partial charge in [-0.2, -0.15) is 4.31 Å². The van der Waals surface area contributed by atoms with Crippen LogP contribution in [0.1, 0.15) is 140 Å². The van der Waals surface area contributed by atoms with Crippen LogP contribution in [-0.4, -0.2) is 186 Å². The number of amides is 9. The SMILES string of the molecule is C/C=C(\C)[C@H]1OC(=O)[C@@H](C)NC(=O)[C@H](C(C)CC)NC(=O)CN(C)C(=O)[C@@H](Cc2ccccc2)N(C)C(=O)[C@H](C)NC(=O)[C@@H](CC(C)C)OC(=O)/C(C)=C/C[C@H](OC(=O)NCCOP(=O)(O)OP(=O)(O)OCCNC(=O)CCCCCCN2C(=O)CC(C)C2=O)[C@@H]1C. The Morgan fingerprint density at radius 2 is 1.41 bits per heavy atom. The van der Waals surface area contributed by atoms with Crippen LogP contribution in [0.2, 0.25) is 0 Å². The molecule has 3 rings (SSSR count). The second kappa shape index (κ2) is 38.3. The van der Waals surface area contributed by atoms with Crippen molar-refractivity contribution in [1.82, 2.24) is 41.3 Å². The van der Waals surface area contributed by atoms with Crippen LogP contribution >= 0.6 is 15.6 Å². The van der Waals surface area contributed by atoms with Crippen LogP contribution in [-0.2, 0) is 91.1 Å². The first-order valence-electron chi connectivity index (χ1n) is 31.0. The number of hydrogen-bond acceptors (Lipinski definition) is 19. The van der Waals surface area contributed by atoms with Crippen LogP contribution in [0.15, 0.2) is 53.6 Å². The number of unbranched alkanes of at least 4 members (excludes halogenated alkanes) is 3. The molecule has 1 aromatic rings. The van der Waals surface area contributed by atoms with Crippen molar-refractivity contribution in [3.05, 3.63) is 59.2 Å². The Kier molecular flexibility index (Phi) is 33.1. The van der Waals surface area contributed by atoms with Gasteiger partial charge in [-0.1, -0.05) is 103 Å². The molecular formula is C61H96N8O21P2. The summed E-state index contributed by atoms with van der Waals surface area (Å²) in [4.78, 5) is 172. The maximum absolute atomic E-state index is 14.3. The fraction of sp³-hybridized carbons (Fsp3) is 0.656. The first-order chi connectivity index (χ1) is 43.1. The van der Waals surface area contributed by atoms with Gasteiger partial charge in [-0.25, -0.2) is 23.5 Å². The second-order valence-corrected chi connectivity index (χ2v) is 26.7. The fourth-order valence-corrected chi connectivity index (χ4v) is 11.9. The Hall–Kier alpha value is -6.87. The molecule has 0 radical (unpaired) electrons. The first kappa shape index (κ1) is 79.4. The third-order valence-electron chi connectivity index (χ3n) is 15.6. The minimum absolute atomic E-state index is 0.00803. The van der Waals surface area contributed by atoms with Crippen molar-refractivity contribution in [3.8, 4) is 0 Å². The normalized spacial score (nSPS) is 25.7. The number of ether oxygens (including phenoxy) is 3. The van der Waals surface area contributed by atoms with Crippen molar-refractivity contribution in [3.63, 3.8) is 0 Å². The number of benzene rings is 1. The summed E-state index contributed by atoms with van der Waals surface area (Å²) in [5, 5.41) is 12.7. The lowest BCUT2D eigenvalue weighted by molar-refractivity contribution is -0.155. The van der Waals surface area contributed by atoms with E-state index in [2.05, 4.69) is 30.9 Å². The van der Waals surface area contributed by atoms with Gasteiger partial charge in [0.15, 0.2) is 6.10 Å². The summed E-state index contributed by atoms with van der Waals surface area (Å²) in [5.74, 6) is -8.36. The molecule has 92 heavy (non-hydrogen) atoms. The molecule has 1 saturated heterocycles. The molecule has 0 bridgehead atoms. The standard InChI is InChI=1S/C61H96N8O21P2/c1-14-38(5)52-55(74)65-44(11)60(79)89-53(39(6)15-2)42(9)47(88-61(80)63-29-32-86-92(83,84)90-91(81,82)85-31-28-62-49(70)25-21-16-17-22-30-69-51(72)34-41(8)56(69)75)27-26-40(7)59(78)87-48(33-37(3)4)54(73)64-43(10)57(76)68(13)46(35-45-23-19-18-20-24-45)58(77)67(12)36-50(71)66-52/h15,18-20,23-24,26,37-38,41-44,46-48,52-53H,14,16-17,21-22,25,27-36H2,1-13H3,(H,62,70)(H,63,80)(H,64,73)(H,65,74)(H,66,71)(H,81,82)(H,83,84)/b39-15+,40-26+/t38?,41?,42-,43-,44+,46+,47-,48+,52-,53+/m0/s1. The molecule has 2 aliphatic rings. The van der Waals surface area contributed by atoms with Crippen molar-refractivity contribution in [1.29, 1.82) is 0 Å². The molecule has 516 valence electrons. The molecule has 4 unspecified atom stereocenters. The molecule has 9 amide bonds. The maximum Gasteiger partial charge on any atom is 0.481 e. The van der Waals surface area contributed by atoms with Gasteiger partial charge >= 0.3 is 33.7 Å². The van der Waals surface area contributed by atoms with E-state index in [1.54, 1.807) is 91.8 Å². The molecule has 12 atom stereocenters. The molecule has 7 N–H and O–H groups in total. The molecular weight excluding hydrogens is 1240 g/mol. The summed E-state index contributed by atoms with van der Waals surface area (Å²) in [6, 6.07) is 3.77. The second-order valence-electron chi connectivity index (χ2n) is 23.7. The molecule has 2 heterocycles. The van der Waals surface area contributed by atoms with Crippen molar-refractivity contribution >= 4 is 80.9 Å². The number of imide groups is 1. The minimum Gasteiger partial charge on any atom is -0.456 e. The molecule has 1 fully saturated rings. The van der Waals surface area contributed by atoms with Gasteiger partial charge in [0.05, 0.1) is 19.8 Å². The molecule has 0 aromatic heterocycles. The number of esters is 2. The lowest BCUT2D eigenvalue weighted by Crippen LogP contribution is -2.57. The molecule has 0 aliphatic carbocycles. The number of carbonyl (C=O) groups is 11. The highest BCUT2D eigenvalue weighted by Gasteiger charge is 2.40. The van der Waals surface area contributed by atoms with E-state index in [0.717, 1.165) is 9.80 Å². The summed E-state index contributed by atoms with van der Waals surface area (Å²) in [6.07, 6.45) is 0.713. The van der Waals surface area contributed by atoms with Crippen LogP contribution in [0.5, 0.6) is 0 Å². The topological polar surface area (TPSA) is 388 Å². The third kappa shape index (κ3) is 26.6. The van der Waals surface area contributed by atoms with Gasteiger partial charge in [0.2, 0.25) is 41.4 Å². The van der Waals surface area contributed by atoms with Gasteiger partial charge in [0.1, 0.15) is 36.4 Å². The maximum atomic E-state index is 14.3. The summed E-state index contributed by atoms with van der Waals surface area (Å²) < 4.78 is 56.8. The highest BCUT2D eigenvalue weighted by atomic mass is 31.3. The van der Waals surface area contributed by atoms with Gasteiger partial charge in [0.25, 0.3) is 5.91 Å². The van der Waals surface area contributed by atoms with Gasteiger partial charge in [-0.05, 0) is 76.9 Å². The average molecular weight is 1340 g/mol. The van der Waals surface area contributed by atoms with Gasteiger partial charge in [-0.3, -0.25) is 52.3 Å². The smallest absolute Gasteiger partial charge is 0.456 e. The molecule has 29 nitrogen and oxygen atoms in total. The first-order valence-corrected chi connectivity index (χ1v) is 34.0. The van der Waals surface area contributed by atoms with Crippen LogP contribution in [0, 0.1) is 23.7 Å². The van der Waals surface area contributed by atoms with Crippen LogP contribution in [0.4, 0.5) is 4.79 Å². The fourth-order valence-electron chi connectivity index (χ4n) is 9.79. The number of carbonyl (C=O) groups excluding carboxylic acids is 11. The van der Waals surface area contributed by atoms with E-state index in [1.807, 2.05) is 0 Å². The number of allylic oxidation sites excluding steroid dienone is 1. The molecule has 31 heteroatoms. The zero-order valence-corrected chi connectivity index (χ0v) is 56.9. The lowest BCUT2D eigenvalue weighted by atomic mass is 9.90. The number of phosphoric acid groups is 2. The van der Waals surface area contributed by atoms with Crippen molar-refractivity contribution in [2.75, 3.05) is 53.5 Å². The van der Waals surface area contributed by atoms with Crippen LogP contribution < -0.4 is 26.6 Å². The van der Waals surface area contributed by atoms with E-state index >= 15 is 0 Å². The monoisotopic (exact) mass is 1340 g/mol. The van der Waals surface area contributed by atoms with E-state index in [-0.39, 0.29) is 67.9 Å². The summed E-state index contributed by atoms with van der Waals surface area (Å²) in [6.45, 7) is 15.2. The van der Waals surface area contributed by atoms with E-state index in [4.69, 9.17) is 23.3 Å². The summed E-state index contributed by atoms with van der Waals surface area (Å²) in [5.41, 5.74) is 1.06. The quantitative estimate of drug-likeness (QED) is 0.0174. The van der Waals surface area contributed by atoms with Crippen molar-refractivity contribution in [2.45, 2.75) is 183 Å². The Morgan fingerprint density at radius 3 is 2.00 bits per heavy atom. The van der Waals surface area contributed by atoms with Gasteiger partial charge in [0, 0.05) is 76.8 Å². The number of phosphoric ester groups is 2. The Morgan fingerprint density at radius 1 is 0.804 bits per heavy atom. The number of nitrogens with one attached hydrogen (secondary N) is 5. The molecule has 1 aromatic carbocycles. The third-order valence-corrected chi connectivity index (χ3v) is 18.2. The highest BCUT2D eigenvalue weighted by molar-refractivity contribution is 7.61. The predicted molar refractivity (Wildman–Crippen MR) is 335 cm³/mol. The predicted octanol–water partition coefficient (Wildman–Crippen LogP) is 4.68. The van der Waals surface area contributed by atoms with E-state index in [0.29, 0.717) is 49.8 Å². The highest BCUT2D eigenvalue weighted by Crippen LogP contribution is 2.60. The number of cyclic esters (lactones) is 2. The van der Waals surface area contributed by atoms with Crippen LogP contribution in [0.25, 0.3) is 0 Å². The molecule has 0 saturated carbocycles. The molecule has 2 aliphatic heterocycles. The minimum atomic E-state index is -5.36. The Balaban J connectivity index is 1.82. The number of likely N-dealkylation sites (tertiary alicyclic amines) is 1. The van der Waals surface area contributed by atoms with E-state index in [9.17, 15) is 71.7 Å². The van der Waals surface area contributed by atoms with E-state index < -0.39 is 150 Å². The van der Waals surface area contributed by atoms with Crippen molar-refractivity contribution < 1.29 is 99.2 Å². The zero-order valence-electron chi connectivity index (χ0n) is 55.1. The molecule has 0 spiro atoms. The zero-order chi connectivity index (χ0) is 69.2. The van der Waals surface area contributed by atoms with Gasteiger partial charge < -0.3 is 60.4 Å². The number of nitrogens with zero attached hydrogens (tertiary/aromatic N) is 3. The van der Waals surface area contributed by atoms with Crippen molar-refractivity contribution in [2.24, 2.45) is 23.7 Å².